The number of H-pyrrole nitrogens is 2. The Bertz CT molecular complexity index is 1220. The Morgan fingerprint density at radius 2 is 1.41 bits per heavy atom. The standard InChI is InChI=1S/C24H29FN4/c1-13-8-18-16(11-26-28-18)20(14(13)2)24(6,7)10-15-9-19-17(12-27-29-19)21(22(15)25)23(3,4)5/h8-9,11-12H,10H2,1-7H3,(H,26,28)(H,27,29). The summed E-state index contributed by atoms with van der Waals surface area (Å²) in [6.45, 7) is 14.8. The lowest BCUT2D eigenvalue weighted by molar-refractivity contribution is 0.483. The number of aromatic amines is 2. The van der Waals surface area contributed by atoms with Gasteiger partial charge in [0.15, 0.2) is 0 Å². The van der Waals surface area contributed by atoms with Crippen LogP contribution in [-0.2, 0) is 17.3 Å². The maximum atomic E-state index is 15.8. The Morgan fingerprint density at radius 3 is 2.00 bits per heavy atom. The van der Waals surface area contributed by atoms with Crippen LogP contribution in [0, 0.1) is 19.7 Å². The minimum absolute atomic E-state index is 0.117. The number of nitrogens with zero attached hydrogens (tertiary/aromatic N) is 2. The lowest BCUT2D eigenvalue weighted by Gasteiger charge is -2.30. The normalized spacial score (nSPS) is 13.0. The van der Waals surface area contributed by atoms with Crippen LogP contribution in [-0.4, -0.2) is 20.4 Å². The number of rotatable bonds is 3. The average Bonchev–Trinajstić information content (AvgIpc) is 3.23. The number of hydrogen-bond donors (Lipinski definition) is 2. The number of aromatic nitrogens is 4. The van der Waals surface area contributed by atoms with E-state index in [1.54, 1.807) is 6.20 Å². The van der Waals surface area contributed by atoms with Crippen molar-refractivity contribution in [1.82, 2.24) is 20.4 Å². The second-order valence-electron chi connectivity index (χ2n) is 9.89. The van der Waals surface area contributed by atoms with E-state index in [1.165, 1.54) is 16.7 Å². The van der Waals surface area contributed by atoms with Crippen molar-refractivity contribution in [2.24, 2.45) is 0 Å². The summed E-state index contributed by atoms with van der Waals surface area (Å²) >= 11 is 0. The minimum atomic E-state index is -0.316. The number of halogens is 1. The van der Waals surface area contributed by atoms with Crippen LogP contribution in [0.3, 0.4) is 0 Å². The number of benzene rings is 2. The molecule has 0 aliphatic heterocycles. The van der Waals surface area contributed by atoms with Gasteiger partial charge in [0.1, 0.15) is 5.82 Å². The Morgan fingerprint density at radius 1 is 0.862 bits per heavy atom. The molecule has 0 saturated carbocycles. The zero-order chi connectivity index (χ0) is 21.1. The van der Waals surface area contributed by atoms with Gasteiger partial charge in [-0.15, -0.1) is 0 Å². The van der Waals surface area contributed by atoms with Gasteiger partial charge in [-0.25, -0.2) is 4.39 Å². The second kappa shape index (κ2) is 6.41. The number of fused-ring (bicyclic) bond motifs is 2. The van der Waals surface area contributed by atoms with Crippen molar-refractivity contribution in [3.05, 3.63) is 58.2 Å². The summed E-state index contributed by atoms with van der Waals surface area (Å²) in [7, 11) is 0. The fourth-order valence-corrected chi connectivity index (χ4v) is 4.75. The van der Waals surface area contributed by atoms with Crippen LogP contribution in [0.5, 0.6) is 0 Å². The zero-order valence-corrected chi connectivity index (χ0v) is 18.3. The molecule has 0 spiro atoms. The Balaban J connectivity index is 1.91. The monoisotopic (exact) mass is 392 g/mol. The van der Waals surface area contributed by atoms with Gasteiger partial charge in [0.05, 0.1) is 23.4 Å². The summed E-state index contributed by atoms with van der Waals surface area (Å²) in [6.07, 6.45) is 4.20. The molecule has 2 aromatic carbocycles. The predicted octanol–water partition coefficient (Wildman–Crippen LogP) is 6.01. The predicted molar refractivity (Wildman–Crippen MR) is 117 cm³/mol. The van der Waals surface area contributed by atoms with E-state index in [-0.39, 0.29) is 16.6 Å². The molecule has 4 rings (SSSR count). The van der Waals surface area contributed by atoms with Crippen LogP contribution < -0.4 is 0 Å². The van der Waals surface area contributed by atoms with Gasteiger partial charge in [-0.3, -0.25) is 10.2 Å². The van der Waals surface area contributed by atoms with Gasteiger partial charge in [0.2, 0.25) is 0 Å². The summed E-state index contributed by atoms with van der Waals surface area (Å²) in [5.41, 5.74) is 6.44. The summed E-state index contributed by atoms with van der Waals surface area (Å²) in [6, 6.07) is 4.05. The molecule has 4 nitrogen and oxygen atoms in total. The lowest BCUT2D eigenvalue weighted by Crippen LogP contribution is -2.24. The lowest BCUT2D eigenvalue weighted by atomic mass is 9.74. The highest BCUT2D eigenvalue weighted by atomic mass is 19.1. The van der Waals surface area contributed by atoms with Gasteiger partial charge in [-0.2, -0.15) is 10.2 Å². The summed E-state index contributed by atoms with van der Waals surface area (Å²) in [4.78, 5) is 0. The van der Waals surface area contributed by atoms with Crippen molar-refractivity contribution >= 4 is 21.8 Å². The molecule has 0 radical (unpaired) electrons. The SMILES string of the molecule is Cc1cc2[nH]ncc2c(C(C)(C)Cc2cc3[nH]ncc3c(C(C)(C)C)c2F)c1C. The van der Waals surface area contributed by atoms with Crippen LogP contribution in [0.4, 0.5) is 4.39 Å². The van der Waals surface area contributed by atoms with Crippen molar-refractivity contribution in [2.75, 3.05) is 0 Å². The van der Waals surface area contributed by atoms with E-state index in [4.69, 9.17) is 0 Å². The fourth-order valence-electron chi connectivity index (χ4n) is 4.75. The molecule has 0 bridgehead atoms. The third-order valence-corrected chi connectivity index (χ3v) is 6.08. The highest BCUT2D eigenvalue weighted by Gasteiger charge is 2.31. The molecular formula is C24H29FN4. The molecule has 152 valence electrons. The van der Waals surface area contributed by atoms with E-state index >= 15 is 4.39 Å². The third-order valence-electron chi connectivity index (χ3n) is 6.08. The minimum Gasteiger partial charge on any atom is -0.278 e. The summed E-state index contributed by atoms with van der Waals surface area (Å²) < 4.78 is 15.8. The molecule has 2 aromatic heterocycles. The van der Waals surface area contributed by atoms with Gasteiger partial charge in [0.25, 0.3) is 0 Å². The van der Waals surface area contributed by atoms with Crippen LogP contribution in [0.15, 0.2) is 24.5 Å². The molecule has 2 heterocycles. The smallest absolute Gasteiger partial charge is 0.130 e. The van der Waals surface area contributed by atoms with Crippen LogP contribution in [0.1, 0.15) is 62.4 Å². The van der Waals surface area contributed by atoms with Gasteiger partial charge < -0.3 is 0 Å². The number of nitrogens with one attached hydrogen (secondary N) is 2. The average molecular weight is 393 g/mol. The Labute approximate surface area is 170 Å². The first kappa shape index (κ1) is 19.6. The molecule has 2 N–H and O–H groups in total. The first-order valence-corrected chi connectivity index (χ1v) is 10.1. The molecular weight excluding hydrogens is 363 g/mol. The molecule has 5 heteroatoms. The molecule has 29 heavy (non-hydrogen) atoms. The quantitative estimate of drug-likeness (QED) is 0.448. The molecule has 4 aromatic rings. The van der Waals surface area contributed by atoms with Gasteiger partial charge in [-0.1, -0.05) is 34.6 Å². The van der Waals surface area contributed by atoms with Crippen molar-refractivity contribution in [3.63, 3.8) is 0 Å². The topological polar surface area (TPSA) is 57.4 Å². The second-order valence-corrected chi connectivity index (χ2v) is 9.89. The highest BCUT2D eigenvalue weighted by Crippen LogP contribution is 2.40. The highest BCUT2D eigenvalue weighted by molar-refractivity contribution is 5.86. The molecule has 0 fully saturated rings. The molecule has 0 saturated heterocycles. The van der Waals surface area contributed by atoms with Crippen molar-refractivity contribution in [3.8, 4) is 0 Å². The zero-order valence-electron chi connectivity index (χ0n) is 18.3. The first-order chi connectivity index (χ1) is 13.5. The van der Waals surface area contributed by atoms with Crippen LogP contribution >= 0.6 is 0 Å². The van der Waals surface area contributed by atoms with Crippen molar-refractivity contribution in [2.45, 2.75) is 65.7 Å². The van der Waals surface area contributed by atoms with E-state index in [0.717, 1.165) is 27.4 Å². The largest absolute Gasteiger partial charge is 0.278 e. The summed E-state index contributed by atoms with van der Waals surface area (Å²) in [5, 5.41) is 16.5. The van der Waals surface area contributed by atoms with Crippen molar-refractivity contribution in [1.29, 1.82) is 0 Å². The van der Waals surface area contributed by atoms with E-state index in [9.17, 15) is 0 Å². The van der Waals surface area contributed by atoms with E-state index in [2.05, 4.69) is 54.2 Å². The molecule has 0 aliphatic rings. The molecule has 0 atom stereocenters. The number of hydrogen-bond acceptors (Lipinski definition) is 2. The van der Waals surface area contributed by atoms with E-state index in [1.807, 2.05) is 33.0 Å². The Kier molecular flexibility index (Phi) is 4.34. The van der Waals surface area contributed by atoms with Gasteiger partial charge >= 0.3 is 0 Å². The summed E-state index contributed by atoms with van der Waals surface area (Å²) in [5.74, 6) is -0.117. The van der Waals surface area contributed by atoms with Gasteiger partial charge in [0, 0.05) is 16.3 Å². The first-order valence-electron chi connectivity index (χ1n) is 10.1. The van der Waals surface area contributed by atoms with Crippen molar-refractivity contribution < 1.29 is 4.39 Å². The molecule has 0 aliphatic carbocycles. The number of aryl methyl sites for hydroxylation is 1. The molecule has 0 amide bonds. The van der Waals surface area contributed by atoms with Gasteiger partial charge in [-0.05, 0) is 65.5 Å². The maximum absolute atomic E-state index is 15.8. The van der Waals surface area contributed by atoms with Crippen LogP contribution in [0.25, 0.3) is 21.8 Å². The van der Waals surface area contributed by atoms with Crippen LogP contribution in [0.2, 0.25) is 0 Å². The fraction of sp³-hybridized carbons (Fsp3) is 0.417. The van der Waals surface area contributed by atoms with E-state index < -0.39 is 0 Å². The Hall–Kier alpha value is -2.69. The van der Waals surface area contributed by atoms with E-state index in [0.29, 0.717) is 12.0 Å². The third kappa shape index (κ3) is 3.13. The molecule has 0 unspecified atom stereocenters. The maximum Gasteiger partial charge on any atom is 0.130 e.